The first-order valence-electron chi connectivity index (χ1n) is 4.46. The smallest absolute Gasteiger partial charge is 0.172 e. The minimum atomic E-state index is -0.644. The molecule has 0 aromatic heterocycles. The lowest BCUT2D eigenvalue weighted by molar-refractivity contribution is -0.104. The van der Waals surface area contributed by atoms with Crippen molar-refractivity contribution in [2.75, 3.05) is 24.6 Å². The highest BCUT2D eigenvalue weighted by atomic mass is 16.6. The van der Waals surface area contributed by atoms with Gasteiger partial charge < -0.3 is 14.7 Å². The van der Waals surface area contributed by atoms with Crippen molar-refractivity contribution in [3.05, 3.63) is 30.3 Å². The van der Waals surface area contributed by atoms with Gasteiger partial charge in [-0.3, -0.25) is 0 Å². The lowest BCUT2D eigenvalue weighted by Crippen LogP contribution is -2.42. The number of ether oxygens (including phenoxy) is 1. The fraction of sp³-hybridized carbons (Fsp3) is 0.400. The Labute approximate surface area is 77.6 Å². The highest BCUT2D eigenvalue weighted by Gasteiger charge is 2.17. The number of rotatable bonds is 1. The van der Waals surface area contributed by atoms with Crippen LogP contribution in [0.2, 0.25) is 0 Å². The van der Waals surface area contributed by atoms with Gasteiger partial charge in [-0.05, 0) is 12.1 Å². The average Bonchev–Trinajstić information content (AvgIpc) is 2.19. The third-order valence-corrected chi connectivity index (χ3v) is 2.17. The summed E-state index contributed by atoms with van der Waals surface area (Å²) in [5.74, 6) is 0. The van der Waals surface area contributed by atoms with Gasteiger partial charge in [-0.1, -0.05) is 18.2 Å². The number of β-amino-alcohol motifs (C(OH)–C–C–N with tert-alkyl or cyclic N) is 1. The van der Waals surface area contributed by atoms with Gasteiger partial charge in [0, 0.05) is 12.2 Å². The predicted octanol–water partition coefficient (Wildman–Crippen LogP) is 0.842. The third kappa shape index (κ3) is 1.99. The maximum absolute atomic E-state index is 9.28. The Morgan fingerprint density at radius 1 is 1.31 bits per heavy atom. The van der Waals surface area contributed by atoms with Crippen LogP contribution < -0.4 is 4.90 Å². The molecule has 13 heavy (non-hydrogen) atoms. The average molecular weight is 179 g/mol. The van der Waals surface area contributed by atoms with Crippen molar-refractivity contribution >= 4 is 5.69 Å². The lowest BCUT2D eigenvalue weighted by Gasteiger charge is -2.31. The largest absolute Gasteiger partial charge is 0.366 e. The summed E-state index contributed by atoms with van der Waals surface area (Å²) in [5.41, 5.74) is 1.14. The molecule has 1 heterocycles. The molecule has 2 rings (SSSR count). The van der Waals surface area contributed by atoms with Crippen molar-refractivity contribution in [1.29, 1.82) is 0 Å². The number of aliphatic hydroxyl groups is 1. The van der Waals surface area contributed by atoms with E-state index >= 15 is 0 Å². The Balaban J connectivity index is 2.08. The van der Waals surface area contributed by atoms with Gasteiger partial charge in [0.1, 0.15) is 0 Å². The minimum Gasteiger partial charge on any atom is -0.366 e. The van der Waals surface area contributed by atoms with E-state index in [1.807, 2.05) is 30.3 Å². The summed E-state index contributed by atoms with van der Waals surface area (Å²) < 4.78 is 5.04. The van der Waals surface area contributed by atoms with Crippen LogP contribution in [0.5, 0.6) is 0 Å². The number of morpholine rings is 1. The van der Waals surface area contributed by atoms with Crippen LogP contribution in [-0.4, -0.2) is 31.1 Å². The standard InChI is InChI=1S/C10H13NO2/c12-10-8-11(6-7-13-10)9-4-2-1-3-5-9/h1-5,10,12H,6-8H2. The maximum atomic E-state index is 9.28. The Hall–Kier alpha value is -1.06. The molecule has 70 valence electrons. The summed E-state index contributed by atoms with van der Waals surface area (Å²) in [5, 5.41) is 9.28. The van der Waals surface area contributed by atoms with Crippen molar-refractivity contribution in [2.24, 2.45) is 0 Å². The SMILES string of the molecule is OC1CN(c2ccccc2)CCO1. The Morgan fingerprint density at radius 2 is 2.08 bits per heavy atom. The number of hydrogen-bond acceptors (Lipinski definition) is 3. The number of aliphatic hydroxyl groups excluding tert-OH is 1. The van der Waals surface area contributed by atoms with E-state index in [0.29, 0.717) is 13.2 Å². The number of benzene rings is 1. The normalized spacial score (nSPS) is 23.2. The molecule has 1 aliphatic heterocycles. The number of para-hydroxylation sites is 1. The molecule has 0 bridgehead atoms. The van der Waals surface area contributed by atoms with Gasteiger partial charge in [-0.25, -0.2) is 0 Å². The molecule has 0 amide bonds. The van der Waals surface area contributed by atoms with Gasteiger partial charge in [0.05, 0.1) is 13.2 Å². The number of anilines is 1. The van der Waals surface area contributed by atoms with Crippen molar-refractivity contribution < 1.29 is 9.84 Å². The molecular formula is C10H13NO2. The summed E-state index contributed by atoms with van der Waals surface area (Å²) in [6, 6.07) is 10.1. The second-order valence-corrected chi connectivity index (χ2v) is 3.11. The molecule has 1 aromatic rings. The van der Waals surface area contributed by atoms with Crippen LogP contribution in [0.3, 0.4) is 0 Å². The maximum Gasteiger partial charge on any atom is 0.172 e. The highest BCUT2D eigenvalue weighted by molar-refractivity contribution is 5.46. The van der Waals surface area contributed by atoms with E-state index in [-0.39, 0.29) is 0 Å². The molecule has 0 aliphatic carbocycles. The summed E-state index contributed by atoms with van der Waals surface area (Å²) in [7, 11) is 0. The van der Waals surface area contributed by atoms with Gasteiger partial charge in [0.15, 0.2) is 6.29 Å². The van der Waals surface area contributed by atoms with E-state index < -0.39 is 6.29 Å². The zero-order chi connectivity index (χ0) is 9.10. The molecule has 3 heteroatoms. The fourth-order valence-corrected chi connectivity index (χ4v) is 1.50. The van der Waals surface area contributed by atoms with Crippen LogP contribution >= 0.6 is 0 Å². The van der Waals surface area contributed by atoms with Gasteiger partial charge in [0.25, 0.3) is 0 Å². The van der Waals surface area contributed by atoms with E-state index in [0.717, 1.165) is 12.2 Å². The van der Waals surface area contributed by atoms with Gasteiger partial charge in [0.2, 0.25) is 0 Å². The lowest BCUT2D eigenvalue weighted by atomic mass is 10.2. The first-order chi connectivity index (χ1) is 6.36. The van der Waals surface area contributed by atoms with Crippen LogP contribution in [0.25, 0.3) is 0 Å². The molecule has 1 fully saturated rings. The molecule has 1 aliphatic rings. The van der Waals surface area contributed by atoms with Crippen LogP contribution in [-0.2, 0) is 4.74 Å². The molecule has 1 atom stereocenters. The van der Waals surface area contributed by atoms with Gasteiger partial charge >= 0.3 is 0 Å². The number of hydrogen-bond donors (Lipinski definition) is 1. The van der Waals surface area contributed by atoms with E-state index in [4.69, 9.17) is 4.74 Å². The predicted molar refractivity (Wildman–Crippen MR) is 50.6 cm³/mol. The molecule has 0 spiro atoms. The van der Waals surface area contributed by atoms with E-state index in [1.54, 1.807) is 0 Å². The fourth-order valence-electron chi connectivity index (χ4n) is 1.50. The highest BCUT2D eigenvalue weighted by Crippen LogP contribution is 2.15. The van der Waals surface area contributed by atoms with Crippen molar-refractivity contribution in [3.8, 4) is 0 Å². The second kappa shape index (κ2) is 3.77. The zero-order valence-corrected chi connectivity index (χ0v) is 7.39. The molecule has 3 nitrogen and oxygen atoms in total. The zero-order valence-electron chi connectivity index (χ0n) is 7.39. The quantitative estimate of drug-likeness (QED) is 0.693. The molecule has 1 aromatic carbocycles. The molecule has 1 unspecified atom stereocenters. The van der Waals surface area contributed by atoms with E-state index in [2.05, 4.69) is 4.90 Å². The van der Waals surface area contributed by atoms with E-state index in [1.165, 1.54) is 0 Å². The monoisotopic (exact) mass is 179 g/mol. The van der Waals surface area contributed by atoms with Crippen LogP contribution in [0.4, 0.5) is 5.69 Å². The van der Waals surface area contributed by atoms with Crippen molar-refractivity contribution in [3.63, 3.8) is 0 Å². The van der Waals surface area contributed by atoms with Crippen molar-refractivity contribution in [1.82, 2.24) is 0 Å². The van der Waals surface area contributed by atoms with Crippen LogP contribution in [0, 0.1) is 0 Å². The number of nitrogens with zero attached hydrogens (tertiary/aromatic N) is 1. The summed E-state index contributed by atoms with van der Waals surface area (Å²) in [4.78, 5) is 2.12. The second-order valence-electron chi connectivity index (χ2n) is 3.11. The summed E-state index contributed by atoms with van der Waals surface area (Å²) in [6.07, 6.45) is -0.644. The molecule has 0 radical (unpaired) electrons. The first-order valence-corrected chi connectivity index (χ1v) is 4.46. The van der Waals surface area contributed by atoms with Gasteiger partial charge in [-0.15, -0.1) is 0 Å². The molecule has 1 saturated heterocycles. The van der Waals surface area contributed by atoms with Crippen molar-refractivity contribution in [2.45, 2.75) is 6.29 Å². The van der Waals surface area contributed by atoms with E-state index in [9.17, 15) is 5.11 Å². The molecule has 1 N–H and O–H groups in total. The first kappa shape index (κ1) is 8.53. The van der Waals surface area contributed by atoms with Gasteiger partial charge in [-0.2, -0.15) is 0 Å². The Morgan fingerprint density at radius 3 is 2.77 bits per heavy atom. The minimum absolute atomic E-state index is 0.560. The Kier molecular flexibility index (Phi) is 2.47. The third-order valence-electron chi connectivity index (χ3n) is 2.17. The van der Waals surface area contributed by atoms with Crippen LogP contribution in [0.15, 0.2) is 30.3 Å². The molecular weight excluding hydrogens is 166 g/mol. The Bertz CT molecular complexity index is 263. The molecule has 0 saturated carbocycles. The summed E-state index contributed by atoms with van der Waals surface area (Å²) >= 11 is 0. The van der Waals surface area contributed by atoms with Crippen LogP contribution in [0.1, 0.15) is 0 Å². The topological polar surface area (TPSA) is 32.7 Å². The summed E-state index contributed by atoms with van der Waals surface area (Å²) in [6.45, 7) is 2.00.